The molecule has 0 radical (unpaired) electrons. The van der Waals surface area contributed by atoms with Crippen molar-refractivity contribution in [2.24, 2.45) is 13.0 Å². The van der Waals surface area contributed by atoms with Gasteiger partial charge in [0.15, 0.2) is 21.3 Å². The summed E-state index contributed by atoms with van der Waals surface area (Å²) >= 11 is 0. The van der Waals surface area contributed by atoms with Gasteiger partial charge < -0.3 is 5.11 Å². The minimum atomic E-state index is -5.06. The predicted octanol–water partition coefficient (Wildman–Crippen LogP) is 6.39. The Labute approximate surface area is 315 Å². The van der Waals surface area contributed by atoms with Gasteiger partial charge in [0.05, 0.1) is 22.7 Å². The van der Waals surface area contributed by atoms with Gasteiger partial charge in [0, 0.05) is 65.9 Å². The molecule has 294 valence electrons. The lowest BCUT2D eigenvalue weighted by Crippen LogP contribution is -2.24. The number of Topliss-reactive ketones (excluding diaryl/α,β-unsaturated/α-hetero) is 1. The van der Waals surface area contributed by atoms with Gasteiger partial charge in [0.25, 0.3) is 5.92 Å². The van der Waals surface area contributed by atoms with Crippen molar-refractivity contribution in [1.82, 2.24) is 29.5 Å². The van der Waals surface area contributed by atoms with Gasteiger partial charge in [-0.15, -0.1) is 0 Å². The molecule has 2 aliphatic rings. The first kappa shape index (κ1) is 39.1. The lowest BCUT2D eigenvalue weighted by atomic mass is 9.86. The first-order chi connectivity index (χ1) is 26.0. The molecule has 3 heterocycles. The average molecular weight is 803 g/mol. The number of hydrogen-bond acceptors (Lipinski definition) is 8. The zero-order valence-electron chi connectivity index (χ0n) is 30.2. The molecule has 0 bridgehead atoms. The fourth-order valence-corrected chi connectivity index (χ4v) is 8.25. The summed E-state index contributed by atoms with van der Waals surface area (Å²) in [7, 11) is -1.95. The van der Waals surface area contributed by atoms with Crippen molar-refractivity contribution < 1.29 is 49.1 Å². The molecule has 2 aromatic carbocycles. The monoisotopic (exact) mass is 802 g/mol. The third-order valence-electron chi connectivity index (χ3n) is 9.72. The molecule has 5 aromatic rings. The molecule has 7 rings (SSSR count). The number of carbonyl (C=O) groups excluding carboxylic acids is 1. The number of hydrogen-bond donors (Lipinski definition) is 1. The summed E-state index contributed by atoms with van der Waals surface area (Å²) < 4.78 is 128. The van der Waals surface area contributed by atoms with Crippen LogP contribution in [0.25, 0.3) is 22.0 Å². The molecule has 0 aliphatic heterocycles. The molecule has 0 unspecified atom stereocenters. The second-order valence-electron chi connectivity index (χ2n) is 14.9. The van der Waals surface area contributed by atoms with Gasteiger partial charge in [-0.1, -0.05) is 24.1 Å². The minimum absolute atomic E-state index is 0.0640. The van der Waals surface area contributed by atoms with E-state index in [0.29, 0.717) is 27.2 Å². The van der Waals surface area contributed by atoms with Crippen molar-refractivity contribution in [3.05, 3.63) is 94.0 Å². The Morgan fingerprint density at radius 1 is 1.09 bits per heavy atom. The number of benzene rings is 2. The Bertz CT molecular complexity index is 2580. The third kappa shape index (κ3) is 7.66. The van der Waals surface area contributed by atoms with Gasteiger partial charge in [-0.05, 0) is 56.2 Å². The van der Waals surface area contributed by atoms with Crippen molar-refractivity contribution in [1.29, 1.82) is 0 Å². The van der Waals surface area contributed by atoms with E-state index in [1.54, 1.807) is 25.2 Å². The van der Waals surface area contributed by atoms with Crippen LogP contribution in [0.1, 0.15) is 78.3 Å². The molecule has 10 nitrogen and oxygen atoms in total. The second-order valence-corrected chi connectivity index (χ2v) is 17.0. The normalized spacial score (nSPS) is 18.0. The summed E-state index contributed by atoms with van der Waals surface area (Å²) in [6, 6.07) is 7.63. The topological polar surface area (TPSA) is 133 Å². The lowest BCUT2D eigenvalue weighted by molar-refractivity contribution is -0.142. The summed E-state index contributed by atoms with van der Waals surface area (Å²) in [5, 5.41) is 18.6. The number of aromatic nitrogens is 6. The van der Waals surface area contributed by atoms with E-state index in [-0.39, 0.29) is 41.2 Å². The van der Waals surface area contributed by atoms with E-state index < -0.39 is 98.4 Å². The fourth-order valence-electron chi connectivity index (χ4n) is 7.54. The van der Waals surface area contributed by atoms with Gasteiger partial charge in [-0.25, -0.2) is 27.2 Å². The zero-order chi connectivity index (χ0) is 40.7. The third-order valence-corrected chi connectivity index (χ3v) is 10.5. The SMILES string of the molecule is Cn1nc(CS(C)(=O)=O)c2cccc(-c3cnc(C#CC(C)(C)O)nc3[C@@H](CC(=O)Cn3nc(C(F)(F)F)c4c3C(F)(F)[C@@H]3C[C@H]43)Cc3cc(F)cc(F)c3)c21. The molecule has 56 heavy (non-hydrogen) atoms. The van der Waals surface area contributed by atoms with E-state index in [1.165, 1.54) is 24.7 Å². The second kappa shape index (κ2) is 13.5. The summed E-state index contributed by atoms with van der Waals surface area (Å²) in [5.41, 5.74) is -3.07. The number of carbonyl (C=O) groups is 1. The van der Waals surface area contributed by atoms with Gasteiger partial charge in [-0.2, -0.15) is 32.1 Å². The van der Waals surface area contributed by atoms with Crippen molar-refractivity contribution in [3.8, 4) is 23.0 Å². The first-order valence-electron chi connectivity index (χ1n) is 17.3. The van der Waals surface area contributed by atoms with Crippen molar-refractivity contribution >= 4 is 26.5 Å². The van der Waals surface area contributed by atoms with Crippen LogP contribution in [-0.2, 0) is 52.5 Å². The molecule has 1 fully saturated rings. The Hall–Kier alpha value is -5.15. The number of rotatable bonds is 10. The zero-order valence-corrected chi connectivity index (χ0v) is 31.0. The van der Waals surface area contributed by atoms with Gasteiger partial charge in [0.1, 0.15) is 29.5 Å². The van der Waals surface area contributed by atoms with Crippen LogP contribution in [0.3, 0.4) is 0 Å². The van der Waals surface area contributed by atoms with Gasteiger partial charge in [-0.3, -0.25) is 14.2 Å². The van der Waals surface area contributed by atoms with Crippen molar-refractivity contribution in [3.63, 3.8) is 0 Å². The van der Waals surface area contributed by atoms with Crippen LogP contribution in [0.15, 0.2) is 42.6 Å². The van der Waals surface area contributed by atoms with E-state index in [0.717, 1.165) is 18.4 Å². The van der Waals surface area contributed by atoms with Crippen LogP contribution >= 0.6 is 0 Å². The molecule has 1 N–H and O–H groups in total. The number of halogens is 7. The standard InChI is InChI=1S/C38H33F7N6O4S/c1-36(2,53)9-8-30-46-16-27(24-6-5-7-25-29(18-56(4,54)55)48-50(3)33(24)25)32(47-30)20(10-19-11-21(39)14-22(40)12-19)13-23(52)17-51-35-31(34(49-51)38(43,44)45)26-15-28(26)37(35,41)42/h5-7,11-12,14,16,20,26,28,53H,10,13,15,17-18H2,1-4H3/t20-,26+,28-/m1/s1. The largest absolute Gasteiger partial charge is 0.435 e. The summed E-state index contributed by atoms with van der Waals surface area (Å²) in [5.74, 6) is -5.14. The van der Waals surface area contributed by atoms with Gasteiger partial charge in [0.2, 0.25) is 5.82 Å². The van der Waals surface area contributed by atoms with E-state index >= 15 is 8.78 Å². The number of aliphatic hydroxyl groups is 1. The van der Waals surface area contributed by atoms with E-state index in [2.05, 4.69) is 32.0 Å². The highest BCUT2D eigenvalue weighted by molar-refractivity contribution is 7.89. The van der Waals surface area contributed by atoms with E-state index in [1.807, 2.05) is 0 Å². The van der Waals surface area contributed by atoms with Crippen LogP contribution in [0.5, 0.6) is 0 Å². The number of alkyl halides is 5. The highest BCUT2D eigenvalue weighted by Crippen LogP contribution is 2.68. The molecular weight excluding hydrogens is 770 g/mol. The quantitative estimate of drug-likeness (QED) is 0.127. The highest BCUT2D eigenvalue weighted by Gasteiger charge is 2.68. The summed E-state index contributed by atoms with van der Waals surface area (Å²) in [6.07, 6.45) is -3.64. The van der Waals surface area contributed by atoms with Crippen LogP contribution in [0, 0.1) is 29.4 Å². The van der Waals surface area contributed by atoms with E-state index in [9.17, 15) is 40.3 Å². The smallest absolute Gasteiger partial charge is 0.378 e. The van der Waals surface area contributed by atoms with Crippen molar-refractivity contribution in [2.45, 2.75) is 74.9 Å². The Kier molecular flexibility index (Phi) is 9.43. The number of fused-ring (bicyclic) bond motifs is 4. The fraction of sp³-hybridized carbons (Fsp3) is 0.395. The molecule has 0 saturated heterocycles. The molecule has 2 aliphatic carbocycles. The van der Waals surface area contributed by atoms with Gasteiger partial charge >= 0.3 is 6.18 Å². The molecule has 0 spiro atoms. The highest BCUT2D eigenvalue weighted by atomic mass is 32.2. The number of sulfone groups is 1. The summed E-state index contributed by atoms with van der Waals surface area (Å²) in [6.45, 7) is 1.85. The minimum Gasteiger partial charge on any atom is -0.378 e. The van der Waals surface area contributed by atoms with E-state index in [4.69, 9.17) is 0 Å². The van der Waals surface area contributed by atoms with Crippen LogP contribution in [0.2, 0.25) is 0 Å². The molecular formula is C38H33F7N6O4S. The molecule has 0 amide bonds. The maximum atomic E-state index is 15.4. The number of para-hydroxylation sites is 1. The maximum absolute atomic E-state index is 15.4. The van der Waals surface area contributed by atoms with Crippen LogP contribution in [-0.4, -0.2) is 60.7 Å². The van der Waals surface area contributed by atoms with Crippen molar-refractivity contribution in [2.75, 3.05) is 6.26 Å². The Morgan fingerprint density at radius 3 is 2.43 bits per heavy atom. The Morgan fingerprint density at radius 2 is 1.79 bits per heavy atom. The Balaban J connectivity index is 1.38. The molecule has 18 heteroatoms. The maximum Gasteiger partial charge on any atom is 0.435 e. The summed E-state index contributed by atoms with van der Waals surface area (Å²) in [4.78, 5) is 22.9. The molecule has 3 atom stereocenters. The first-order valence-corrected chi connectivity index (χ1v) is 19.3. The number of ketones is 1. The van der Waals surface area contributed by atoms with Crippen LogP contribution in [0.4, 0.5) is 30.7 Å². The number of nitrogens with zero attached hydrogens (tertiary/aromatic N) is 6. The predicted molar refractivity (Wildman–Crippen MR) is 188 cm³/mol. The number of aryl methyl sites for hydroxylation is 1. The average Bonchev–Trinajstić information content (AvgIpc) is 3.61. The van der Waals surface area contributed by atoms with Crippen LogP contribution < -0.4 is 0 Å². The molecule has 1 saturated carbocycles. The molecule has 3 aromatic heterocycles. The lowest BCUT2D eigenvalue weighted by Gasteiger charge is -2.21.